The lowest BCUT2D eigenvalue weighted by molar-refractivity contribution is -0.144. The highest BCUT2D eigenvalue weighted by Gasteiger charge is 2.32. The Bertz CT molecular complexity index is 488. The van der Waals surface area contributed by atoms with Crippen LogP contribution in [0.3, 0.4) is 0 Å². The molecule has 1 atom stereocenters. The monoisotopic (exact) mass is 292 g/mol. The van der Waals surface area contributed by atoms with Gasteiger partial charge in [0.1, 0.15) is 5.54 Å². The van der Waals surface area contributed by atoms with E-state index in [1.807, 2.05) is 14.0 Å². The van der Waals surface area contributed by atoms with E-state index in [0.29, 0.717) is 13.0 Å². The van der Waals surface area contributed by atoms with Crippen LogP contribution in [0.1, 0.15) is 37.8 Å². The predicted octanol–water partition coefficient (Wildman–Crippen LogP) is 2.97. The van der Waals surface area contributed by atoms with Gasteiger partial charge in [0.2, 0.25) is 0 Å². The van der Waals surface area contributed by atoms with Crippen LogP contribution >= 0.6 is 0 Å². The molecular weight excluding hydrogens is 264 g/mol. The van der Waals surface area contributed by atoms with Gasteiger partial charge in [-0.05, 0) is 51.8 Å². The summed E-state index contributed by atoms with van der Waals surface area (Å²) < 4.78 is 0. The van der Waals surface area contributed by atoms with Crippen LogP contribution in [0.5, 0.6) is 0 Å². The first-order valence-corrected chi connectivity index (χ1v) is 7.57. The Morgan fingerprint density at radius 1 is 1.38 bits per heavy atom. The van der Waals surface area contributed by atoms with Crippen molar-refractivity contribution in [2.45, 2.75) is 46.1 Å². The van der Waals surface area contributed by atoms with Gasteiger partial charge in [-0.2, -0.15) is 0 Å². The van der Waals surface area contributed by atoms with E-state index in [2.05, 4.69) is 42.3 Å². The lowest BCUT2D eigenvalue weighted by Crippen LogP contribution is -2.51. The maximum absolute atomic E-state index is 11.5. The molecule has 1 aromatic rings. The van der Waals surface area contributed by atoms with Crippen molar-refractivity contribution in [2.75, 3.05) is 25.0 Å². The zero-order valence-electron chi connectivity index (χ0n) is 13.9. The number of carboxylic acid groups (broad SMARTS) is 1. The molecule has 21 heavy (non-hydrogen) atoms. The molecule has 0 amide bonds. The van der Waals surface area contributed by atoms with Gasteiger partial charge in [0.25, 0.3) is 0 Å². The van der Waals surface area contributed by atoms with Crippen LogP contribution in [0.15, 0.2) is 18.2 Å². The highest BCUT2D eigenvalue weighted by Crippen LogP contribution is 2.21. The number of hydrogen-bond donors (Lipinski definition) is 2. The summed E-state index contributed by atoms with van der Waals surface area (Å²) in [5, 5.41) is 12.6. The highest BCUT2D eigenvalue weighted by molar-refractivity contribution is 5.78. The molecule has 1 unspecified atom stereocenters. The summed E-state index contributed by atoms with van der Waals surface area (Å²) in [7, 11) is 2.01. The molecule has 0 saturated carbocycles. The number of nitrogens with zero attached hydrogens (tertiary/aromatic N) is 1. The summed E-state index contributed by atoms with van der Waals surface area (Å²) >= 11 is 0. The minimum atomic E-state index is -0.872. The van der Waals surface area contributed by atoms with Crippen molar-refractivity contribution in [3.8, 4) is 0 Å². The molecule has 1 aromatic carbocycles. The quantitative estimate of drug-likeness (QED) is 0.773. The summed E-state index contributed by atoms with van der Waals surface area (Å²) in [6.07, 6.45) is 1.49. The van der Waals surface area contributed by atoms with E-state index in [0.717, 1.165) is 18.7 Å². The largest absolute Gasteiger partial charge is 0.480 e. The predicted molar refractivity (Wildman–Crippen MR) is 88.1 cm³/mol. The van der Waals surface area contributed by atoms with Gasteiger partial charge < -0.3 is 15.3 Å². The van der Waals surface area contributed by atoms with E-state index >= 15 is 0 Å². The number of benzene rings is 1. The van der Waals surface area contributed by atoms with Gasteiger partial charge in [0, 0.05) is 19.3 Å². The minimum Gasteiger partial charge on any atom is -0.480 e. The van der Waals surface area contributed by atoms with Crippen molar-refractivity contribution >= 4 is 11.7 Å². The Labute approximate surface area is 128 Å². The standard InChI is InChI=1S/C17H28N2O2/c1-6-10-18-17(4,16(20)21)9-11-19(5)15-8-7-13(2)12-14(15)3/h7-8,12,18H,6,9-11H2,1-5H3,(H,20,21). The molecule has 0 aromatic heterocycles. The van der Waals surface area contributed by atoms with Crippen molar-refractivity contribution in [3.05, 3.63) is 29.3 Å². The van der Waals surface area contributed by atoms with Gasteiger partial charge in [-0.15, -0.1) is 0 Å². The molecule has 4 heteroatoms. The Kier molecular flexibility index (Phi) is 6.21. The van der Waals surface area contributed by atoms with Gasteiger partial charge in [0.05, 0.1) is 0 Å². The normalized spacial score (nSPS) is 13.8. The SMILES string of the molecule is CCCNC(C)(CCN(C)c1ccc(C)cc1C)C(=O)O. The lowest BCUT2D eigenvalue weighted by atomic mass is 9.97. The summed E-state index contributed by atoms with van der Waals surface area (Å²) in [5.41, 5.74) is 2.74. The number of carbonyl (C=O) groups is 1. The number of aryl methyl sites for hydroxylation is 2. The summed E-state index contributed by atoms with van der Waals surface area (Å²) in [4.78, 5) is 13.6. The van der Waals surface area contributed by atoms with Gasteiger partial charge in [0.15, 0.2) is 0 Å². The molecule has 0 fully saturated rings. The first kappa shape index (κ1) is 17.5. The average Bonchev–Trinajstić information content (AvgIpc) is 2.42. The van der Waals surface area contributed by atoms with Crippen molar-refractivity contribution in [3.63, 3.8) is 0 Å². The Hall–Kier alpha value is -1.55. The number of anilines is 1. The highest BCUT2D eigenvalue weighted by atomic mass is 16.4. The summed E-state index contributed by atoms with van der Waals surface area (Å²) in [5.74, 6) is -0.787. The van der Waals surface area contributed by atoms with Crippen molar-refractivity contribution < 1.29 is 9.90 Å². The molecule has 0 aliphatic carbocycles. The van der Waals surface area contributed by atoms with E-state index < -0.39 is 11.5 Å². The fourth-order valence-electron chi connectivity index (χ4n) is 2.42. The molecule has 0 saturated heterocycles. The van der Waals surface area contributed by atoms with Gasteiger partial charge >= 0.3 is 5.97 Å². The van der Waals surface area contributed by atoms with Crippen LogP contribution in [-0.2, 0) is 4.79 Å². The van der Waals surface area contributed by atoms with Crippen LogP contribution in [0.4, 0.5) is 5.69 Å². The molecule has 0 aliphatic heterocycles. The van der Waals surface area contributed by atoms with E-state index in [-0.39, 0.29) is 0 Å². The van der Waals surface area contributed by atoms with Gasteiger partial charge in [-0.25, -0.2) is 0 Å². The maximum Gasteiger partial charge on any atom is 0.323 e. The molecule has 4 nitrogen and oxygen atoms in total. The maximum atomic E-state index is 11.5. The second-order valence-corrected chi connectivity index (χ2v) is 6.03. The van der Waals surface area contributed by atoms with E-state index in [1.165, 1.54) is 11.1 Å². The third-order valence-corrected chi connectivity index (χ3v) is 3.95. The molecule has 0 bridgehead atoms. The molecule has 0 spiro atoms. The van der Waals surface area contributed by atoms with Crippen LogP contribution in [0.25, 0.3) is 0 Å². The number of nitrogens with one attached hydrogen (secondary N) is 1. The summed E-state index contributed by atoms with van der Waals surface area (Å²) in [6.45, 7) is 9.38. The molecule has 2 N–H and O–H groups in total. The van der Waals surface area contributed by atoms with Crippen LogP contribution in [0.2, 0.25) is 0 Å². The molecular formula is C17H28N2O2. The zero-order chi connectivity index (χ0) is 16.0. The molecule has 0 aliphatic rings. The van der Waals surface area contributed by atoms with Crippen molar-refractivity contribution in [1.29, 1.82) is 0 Å². The molecule has 0 heterocycles. The Morgan fingerprint density at radius 2 is 2.05 bits per heavy atom. The topological polar surface area (TPSA) is 52.6 Å². The number of aliphatic carboxylic acids is 1. The molecule has 0 radical (unpaired) electrons. The third kappa shape index (κ3) is 4.74. The first-order chi connectivity index (χ1) is 9.80. The fraction of sp³-hybridized carbons (Fsp3) is 0.588. The first-order valence-electron chi connectivity index (χ1n) is 7.57. The smallest absolute Gasteiger partial charge is 0.323 e. The Balaban J connectivity index is 2.73. The van der Waals surface area contributed by atoms with E-state index in [1.54, 1.807) is 6.92 Å². The Morgan fingerprint density at radius 3 is 2.57 bits per heavy atom. The number of hydrogen-bond acceptors (Lipinski definition) is 3. The van der Waals surface area contributed by atoms with Crippen molar-refractivity contribution in [1.82, 2.24) is 5.32 Å². The average molecular weight is 292 g/mol. The summed E-state index contributed by atoms with van der Waals surface area (Å²) in [6, 6.07) is 6.34. The van der Waals surface area contributed by atoms with Crippen LogP contribution < -0.4 is 10.2 Å². The van der Waals surface area contributed by atoms with E-state index in [4.69, 9.17) is 0 Å². The number of rotatable bonds is 8. The number of carboxylic acids is 1. The lowest BCUT2D eigenvalue weighted by Gasteiger charge is -2.30. The molecule has 1 rings (SSSR count). The van der Waals surface area contributed by atoms with Crippen LogP contribution in [-0.4, -0.2) is 36.8 Å². The van der Waals surface area contributed by atoms with Crippen molar-refractivity contribution in [2.24, 2.45) is 0 Å². The van der Waals surface area contributed by atoms with Crippen LogP contribution in [0, 0.1) is 13.8 Å². The second kappa shape index (κ2) is 7.46. The van der Waals surface area contributed by atoms with Gasteiger partial charge in [-0.1, -0.05) is 24.6 Å². The fourth-order valence-corrected chi connectivity index (χ4v) is 2.42. The minimum absolute atomic E-state index is 0.562. The third-order valence-electron chi connectivity index (χ3n) is 3.95. The zero-order valence-corrected chi connectivity index (χ0v) is 13.9. The van der Waals surface area contributed by atoms with E-state index in [9.17, 15) is 9.90 Å². The molecule has 118 valence electrons. The second-order valence-electron chi connectivity index (χ2n) is 6.03. The van der Waals surface area contributed by atoms with Gasteiger partial charge in [-0.3, -0.25) is 4.79 Å².